The fraction of sp³-hybridized carbons (Fsp3) is 0.529. The molecule has 22 heavy (non-hydrogen) atoms. The second-order valence-electron chi connectivity index (χ2n) is 5.32. The van der Waals surface area contributed by atoms with E-state index < -0.39 is 6.03 Å². The second-order valence-corrected chi connectivity index (χ2v) is 5.32. The lowest BCUT2D eigenvalue weighted by Gasteiger charge is -2.26. The summed E-state index contributed by atoms with van der Waals surface area (Å²) in [6, 6.07) is 8.84. The van der Waals surface area contributed by atoms with E-state index in [1.54, 1.807) is 0 Å². The highest BCUT2D eigenvalue weighted by molar-refractivity contribution is 5.96. The van der Waals surface area contributed by atoms with Gasteiger partial charge in [0.1, 0.15) is 0 Å². The molecule has 0 radical (unpaired) electrons. The number of hydrogen-bond acceptors (Lipinski definition) is 3. The van der Waals surface area contributed by atoms with Crippen molar-refractivity contribution in [2.24, 2.45) is 0 Å². The number of amides is 3. The summed E-state index contributed by atoms with van der Waals surface area (Å²) in [5.41, 5.74) is 0.997. The van der Waals surface area contributed by atoms with Crippen LogP contribution < -0.4 is 10.6 Å². The minimum Gasteiger partial charge on any atom is -0.334 e. The van der Waals surface area contributed by atoms with Crippen molar-refractivity contribution in [2.75, 3.05) is 13.1 Å². The lowest BCUT2D eigenvalue weighted by Crippen LogP contribution is -2.49. The number of imide groups is 1. The van der Waals surface area contributed by atoms with E-state index in [0.717, 1.165) is 31.5 Å². The topological polar surface area (TPSA) is 61.4 Å². The lowest BCUT2D eigenvalue weighted by molar-refractivity contribution is -0.124. The molecule has 0 aliphatic rings. The van der Waals surface area contributed by atoms with Crippen LogP contribution in [-0.4, -0.2) is 36.0 Å². The highest BCUT2D eigenvalue weighted by atomic mass is 16.2. The molecule has 3 amide bonds. The quantitative estimate of drug-likeness (QED) is 0.776. The Kier molecular flexibility index (Phi) is 8.22. The van der Waals surface area contributed by atoms with Crippen LogP contribution in [0.15, 0.2) is 30.3 Å². The molecule has 0 aliphatic carbocycles. The van der Waals surface area contributed by atoms with Gasteiger partial charge in [-0.3, -0.25) is 15.0 Å². The smallest absolute Gasteiger partial charge is 0.321 e. The molecule has 5 nitrogen and oxygen atoms in total. The van der Waals surface area contributed by atoms with Gasteiger partial charge >= 0.3 is 6.03 Å². The Labute approximate surface area is 133 Å². The SMILES string of the molecule is CCCCN(CC)C(C)C(=O)NC(=O)NCc1ccccc1. The van der Waals surface area contributed by atoms with E-state index in [4.69, 9.17) is 0 Å². The third kappa shape index (κ3) is 6.26. The Balaban J connectivity index is 2.40. The molecule has 0 spiro atoms. The van der Waals surface area contributed by atoms with E-state index >= 15 is 0 Å². The molecule has 0 fully saturated rings. The zero-order valence-electron chi connectivity index (χ0n) is 13.8. The molecule has 5 heteroatoms. The van der Waals surface area contributed by atoms with Crippen LogP contribution in [0.1, 0.15) is 39.2 Å². The monoisotopic (exact) mass is 305 g/mol. The average Bonchev–Trinajstić information content (AvgIpc) is 2.54. The molecule has 0 bridgehead atoms. The maximum absolute atomic E-state index is 12.1. The van der Waals surface area contributed by atoms with Gasteiger partial charge in [-0.15, -0.1) is 0 Å². The summed E-state index contributed by atoms with van der Waals surface area (Å²) in [6.45, 7) is 8.04. The number of benzene rings is 1. The Morgan fingerprint density at radius 1 is 1.18 bits per heavy atom. The summed E-state index contributed by atoms with van der Waals surface area (Å²) in [4.78, 5) is 26.0. The summed E-state index contributed by atoms with van der Waals surface area (Å²) in [6.07, 6.45) is 2.13. The number of nitrogens with zero attached hydrogens (tertiary/aromatic N) is 1. The number of nitrogens with one attached hydrogen (secondary N) is 2. The van der Waals surface area contributed by atoms with Crippen LogP contribution in [0.3, 0.4) is 0 Å². The number of carbonyl (C=O) groups is 2. The van der Waals surface area contributed by atoms with E-state index in [1.165, 1.54) is 0 Å². The van der Waals surface area contributed by atoms with Crippen molar-refractivity contribution in [3.63, 3.8) is 0 Å². The molecule has 1 atom stereocenters. The van der Waals surface area contributed by atoms with Crippen molar-refractivity contribution in [3.8, 4) is 0 Å². The molecule has 1 aromatic rings. The first-order valence-electron chi connectivity index (χ1n) is 7.95. The van der Waals surface area contributed by atoms with Crippen LogP contribution in [-0.2, 0) is 11.3 Å². The van der Waals surface area contributed by atoms with Crippen LogP contribution in [0, 0.1) is 0 Å². The number of rotatable bonds is 8. The molecule has 2 N–H and O–H groups in total. The van der Waals surface area contributed by atoms with E-state index in [-0.39, 0.29) is 11.9 Å². The van der Waals surface area contributed by atoms with Gasteiger partial charge in [-0.1, -0.05) is 50.6 Å². The van der Waals surface area contributed by atoms with E-state index in [1.807, 2.05) is 44.2 Å². The maximum atomic E-state index is 12.1. The summed E-state index contributed by atoms with van der Waals surface area (Å²) >= 11 is 0. The summed E-state index contributed by atoms with van der Waals surface area (Å²) < 4.78 is 0. The van der Waals surface area contributed by atoms with Gasteiger partial charge in [0.15, 0.2) is 0 Å². The van der Waals surface area contributed by atoms with Gasteiger partial charge in [0.25, 0.3) is 0 Å². The Morgan fingerprint density at radius 2 is 1.86 bits per heavy atom. The zero-order chi connectivity index (χ0) is 16.4. The molecule has 0 heterocycles. The number of carbonyl (C=O) groups excluding carboxylic acids is 2. The molecular formula is C17H27N3O2. The van der Waals surface area contributed by atoms with E-state index in [2.05, 4.69) is 22.5 Å². The number of urea groups is 1. The Morgan fingerprint density at radius 3 is 2.45 bits per heavy atom. The van der Waals surface area contributed by atoms with Crippen LogP contribution >= 0.6 is 0 Å². The number of likely N-dealkylation sites (N-methyl/N-ethyl adjacent to an activating group) is 1. The molecule has 0 aromatic heterocycles. The summed E-state index contributed by atoms with van der Waals surface area (Å²) in [5.74, 6) is -0.261. The minimum atomic E-state index is -0.452. The number of unbranched alkanes of at least 4 members (excludes halogenated alkanes) is 1. The minimum absolute atomic E-state index is 0.261. The Hall–Kier alpha value is -1.88. The van der Waals surface area contributed by atoms with Crippen molar-refractivity contribution in [1.29, 1.82) is 0 Å². The van der Waals surface area contributed by atoms with E-state index in [0.29, 0.717) is 6.54 Å². The normalized spacial score (nSPS) is 12.0. The van der Waals surface area contributed by atoms with Crippen molar-refractivity contribution < 1.29 is 9.59 Å². The molecule has 0 saturated heterocycles. The Bertz CT molecular complexity index is 462. The van der Waals surface area contributed by atoms with Crippen molar-refractivity contribution in [2.45, 2.75) is 46.2 Å². The largest absolute Gasteiger partial charge is 0.334 e. The van der Waals surface area contributed by atoms with Gasteiger partial charge in [-0.25, -0.2) is 4.79 Å². The highest BCUT2D eigenvalue weighted by Crippen LogP contribution is 2.02. The van der Waals surface area contributed by atoms with Gasteiger partial charge in [0.05, 0.1) is 6.04 Å². The molecular weight excluding hydrogens is 278 g/mol. The predicted octanol–water partition coefficient (Wildman–Crippen LogP) is 2.52. The average molecular weight is 305 g/mol. The molecule has 1 aromatic carbocycles. The van der Waals surface area contributed by atoms with Gasteiger partial charge in [-0.2, -0.15) is 0 Å². The summed E-state index contributed by atoms with van der Waals surface area (Å²) in [5, 5.41) is 5.11. The van der Waals surface area contributed by atoms with Gasteiger partial charge < -0.3 is 5.32 Å². The van der Waals surface area contributed by atoms with Crippen LogP contribution in [0.25, 0.3) is 0 Å². The van der Waals surface area contributed by atoms with Crippen molar-refractivity contribution >= 4 is 11.9 Å². The van der Waals surface area contributed by atoms with Gasteiger partial charge in [0, 0.05) is 6.54 Å². The second kappa shape index (κ2) is 9.95. The van der Waals surface area contributed by atoms with Gasteiger partial charge in [0.2, 0.25) is 5.91 Å². The zero-order valence-corrected chi connectivity index (χ0v) is 13.8. The standard InChI is InChI=1S/C17H27N3O2/c1-4-6-12-20(5-2)14(3)16(21)19-17(22)18-13-15-10-8-7-9-11-15/h7-11,14H,4-6,12-13H2,1-3H3,(H2,18,19,21,22). The van der Waals surface area contributed by atoms with Crippen LogP contribution in [0.5, 0.6) is 0 Å². The van der Waals surface area contributed by atoms with Gasteiger partial charge in [-0.05, 0) is 32.0 Å². The van der Waals surface area contributed by atoms with Crippen LogP contribution in [0.2, 0.25) is 0 Å². The van der Waals surface area contributed by atoms with E-state index in [9.17, 15) is 9.59 Å². The maximum Gasteiger partial charge on any atom is 0.321 e. The third-order valence-corrected chi connectivity index (χ3v) is 3.66. The molecule has 1 unspecified atom stereocenters. The first-order valence-corrected chi connectivity index (χ1v) is 7.95. The predicted molar refractivity (Wildman–Crippen MR) is 88.4 cm³/mol. The fourth-order valence-electron chi connectivity index (χ4n) is 2.19. The highest BCUT2D eigenvalue weighted by Gasteiger charge is 2.21. The molecule has 122 valence electrons. The van der Waals surface area contributed by atoms with Crippen molar-refractivity contribution in [1.82, 2.24) is 15.5 Å². The van der Waals surface area contributed by atoms with Crippen molar-refractivity contribution in [3.05, 3.63) is 35.9 Å². The molecule has 1 rings (SSSR count). The van der Waals surface area contributed by atoms with Crippen LogP contribution in [0.4, 0.5) is 4.79 Å². The summed E-state index contributed by atoms with van der Waals surface area (Å²) in [7, 11) is 0. The first-order chi connectivity index (χ1) is 10.6. The first kappa shape index (κ1) is 18.2. The fourth-order valence-corrected chi connectivity index (χ4v) is 2.19. The third-order valence-electron chi connectivity index (χ3n) is 3.66. The molecule has 0 saturated carbocycles. The lowest BCUT2D eigenvalue weighted by atomic mass is 10.2. The number of hydrogen-bond donors (Lipinski definition) is 2. The molecule has 0 aliphatic heterocycles.